The van der Waals surface area contributed by atoms with Crippen LogP contribution >= 0.6 is 23.7 Å². The van der Waals surface area contributed by atoms with Crippen LogP contribution in [0.4, 0.5) is 5.13 Å². The first-order chi connectivity index (χ1) is 16.1. The van der Waals surface area contributed by atoms with E-state index in [1.54, 1.807) is 11.3 Å². The number of rotatable bonds is 6. The topological polar surface area (TPSA) is 45.7 Å². The molecule has 0 radical (unpaired) electrons. The van der Waals surface area contributed by atoms with Crippen molar-refractivity contribution < 1.29 is 9.53 Å². The molecule has 0 atom stereocenters. The molecular weight excluding hydrogens is 466 g/mol. The molecule has 1 aliphatic heterocycles. The van der Waals surface area contributed by atoms with Crippen molar-refractivity contribution in [2.24, 2.45) is 0 Å². The highest BCUT2D eigenvalue weighted by Gasteiger charge is 2.22. The number of anilines is 1. The highest BCUT2D eigenvalue weighted by Crippen LogP contribution is 2.31. The second-order valence-corrected chi connectivity index (χ2v) is 9.72. The summed E-state index contributed by atoms with van der Waals surface area (Å²) in [5, 5.41) is 3.08. The Morgan fingerprint density at radius 2 is 1.79 bits per heavy atom. The molecule has 5 nitrogen and oxygen atoms in total. The van der Waals surface area contributed by atoms with E-state index in [4.69, 9.17) is 9.72 Å². The second-order valence-electron chi connectivity index (χ2n) is 8.72. The Balaban J connectivity index is 0.00000274. The van der Waals surface area contributed by atoms with Crippen LogP contribution in [-0.2, 0) is 16.0 Å². The number of aryl methyl sites for hydroxylation is 2. The zero-order valence-corrected chi connectivity index (χ0v) is 21.3. The predicted octanol–water partition coefficient (Wildman–Crippen LogP) is 5.40. The lowest BCUT2D eigenvalue weighted by molar-refractivity contribution is -0.118. The molecule has 2 heterocycles. The number of ether oxygens (including phenoxy) is 1. The van der Waals surface area contributed by atoms with E-state index < -0.39 is 0 Å². The standard InChI is InChI=1S/C27H29N3O2S.ClH/c1-19-16-24-25(17-20(19)2)33-27(28-24)30(11-10-29-12-14-32-15-13-29)26(31)18-22-8-5-7-21-6-3-4-9-23(21)22;/h3-9,16-17H,10-15,18H2,1-2H3;1H. The molecule has 1 saturated heterocycles. The van der Waals surface area contributed by atoms with Crippen LogP contribution in [0.25, 0.3) is 21.0 Å². The molecule has 3 aromatic carbocycles. The molecular formula is C27H30ClN3O2S. The largest absolute Gasteiger partial charge is 0.379 e. The molecule has 0 bridgehead atoms. The van der Waals surface area contributed by atoms with Gasteiger partial charge < -0.3 is 4.74 Å². The molecule has 7 heteroatoms. The SMILES string of the molecule is Cc1cc2nc(N(CCN3CCOCC3)C(=O)Cc3cccc4ccccc34)sc2cc1C.Cl. The highest BCUT2D eigenvalue weighted by atomic mass is 35.5. The zero-order chi connectivity index (χ0) is 22.8. The van der Waals surface area contributed by atoms with Gasteiger partial charge in [0.25, 0.3) is 0 Å². The lowest BCUT2D eigenvalue weighted by atomic mass is 10.0. The quantitative estimate of drug-likeness (QED) is 0.359. The minimum absolute atomic E-state index is 0. The van der Waals surface area contributed by atoms with Crippen LogP contribution in [0.15, 0.2) is 54.6 Å². The van der Waals surface area contributed by atoms with E-state index in [0.29, 0.717) is 13.0 Å². The summed E-state index contributed by atoms with van der Waals surface area (Å²) in [4.78, 5) is 22.8. The molecule has 0 spiro atoms. The summed E-state index contributed by atoms with van der Waals surface area (Å²) >= 11 is 1.61. The van der Waals surface area contributed by atoms with E-state index >= 15 is 0 Å². The summed E-state index contributed by atoms with van der Waals surface area (Å²) in [5.41, 5.74) is 4.50. The van der Waals surface area contributed by atoms with Gasteiger partial charge in [-0.25, -0.2) is 4.98 Å². The van der Waals surface area contributed by atoms with Gasteiger partial charge in [-0.15, -0.1) is 12.4 Å². The number of thiazole rings is 1. The molecule has 178 valence electrons. The summed E-state index contributed by atoms with van der Waals surface area (Å²) in [6, 6.07) is 18.8. The van der Waals surface area contributed by atoms with E-state index in [1.807, 2.05) is 23.1 Å². The van der Waals surface area contributed by atoms with Crippen molar-refractivity contribution in [1.29, 1.82) is 0 Å². The minimum atomic E-state index is 0. The first-order valence-electron chi connectivity index (χ1n) is 11.5. The third-order valence-corrected chi connectivity index (χ3v) is 7.53. The fraction of sp³-hybridized carbons (Fsp3) is 0.333. The molecule has 34 heavy (non-hydrogen) atoms. The predicted molar refractivity (Wildman–Crippen MR) is 144 cm³/mol. The fourth-order valence-electron chi connectivity index (χ4n) is 4.38. The number of benzene rings is 3. The Morgan fingerprint density at radius 1 is 1.06 bits per heavy atom. The van der Waals surface area contributed by atoms with Gasteiger partial charge in [0.1, 0.15) is 0 Å². The number of carbonyl (C=O) groups is 1. The summed E-state index contributed by atoms with van der Waals surface area (Å²) in [7, 11) is 0. The molecule has 0 aliphatic carbocycles. The van der Waals surface area contributed by atoms with Crippen molar-refractivity contribution in [3.05, 3.63) is 71.3 Å². The number of halogens is 1. The molecule has 1 aliphatic rings. The third-order valence-electron chi connectivity index (χ3n) is 6.49. The molecule has 1 fully saturated rings. The number of hydrogen-bond acceptors (Lipinski definition) is 5. The van der Waals surface area contributed by atoms with Crippen molar-refractivity contribution in [2.75, 3.05) is 44.3 Å². The third kappa shape index (κ3) is 5.26. The normalized spacial score (nSPS) is 14.3. The van der Waals surface area contributed by atoms with Crippen molar-refractivity contribution in [1.82, 2.24) is 9.88 Å². The van der Waals surface area contributed by atoms with E-state index in [0.717, 1.165) is 64.5 Å². The Morgan fingerprint density at radius 3 is 2.62 bits per heavy atom. The van der Waals surface area contributed by atoms with Gasteiger partial charge in [0.05, 0.1) is 29.9 Å². The fourth-order valence-corrected chi connectivity index (χ4v) is 5.47. The van der Waals surface area contributed by atoms with Crippen LogP contribution in [0.5, 0.6) is 0 Å². The van der Waals surface area contributed by atoms with E-state index in [-0.39, 0.29) is 18.3 Å². The van der Waals surface area contributed by atoms with Crippen LogP contribution in [0.1, 0.15) is 16.7 Å². The monoisotopic (exact) mass is 495 g/mol. The van der Waals surface area contributed by atoms with Gasteiger partial charge in [0.15, 0.2) is 5.13 Å². The van der Waals surface area contributed by atoms with Gasteiger partial charge in [-0.05, 0) is 53.4 Å². The van der Waals surface area contributed by atoms with Gasteiger partial charge in [0.2, 0.25) is 5.91 Å². The Hall–Kier alpha value is -2.51. The molecule has 0 unspecified atom stereocenters. The van der Waals surface area contributed by atoms with Crippen LogP contribution in [0.3, 0.4) is 0 Å². The van der Waals surface area contributed by atoms with E-state index in [9.17, 15) is 4.79 Å². The number of carbonyl (C=O) groups excluding carboxylic acids is 1. The number of nitrogens with zero attached hydrogens (tertiary/aromatic N) is 3. The zero-order valence-electron chi connectivity index (χ0n) is 19.6. The van der Waals surface area contributed by atoms with Crippen molar-refractivity contribution in [3.8, 4) is 0 Å². The number of fused-ring (bicyclic) bond motifs is 2. The summed E-state index contributed by atoms with van der Waals surface area (Å²) < 4.78 is 6.62. The van der Waals surface area contributed by atoms with Gasteiger partial charge in [0, 0.05) is 26.2 Å². The van der Waals surface area contributed by atoms with Crippen LogP contribution in [0, 0.1) is 13.8 Å². The summed E-state index contributed by atoms with van der Waals surface area (Å²) in [5.74, 6) is 0.0899. The van der Waals surface area contributed by atoms with Crippen molar-refractivity contribution in [2.45, 2.75) is 20.3 Å². The Labute approximate surface area is 210 Å². The number of amides is 1. The lowest BCUT2D eigenvalue weighted by Gasteiger charge is -2.29. The number of aromatic nitrogens is 1. The van der Waals surface area contributed by atoms with Gasteiger partial charge >= 0.3 is 0 Å². The molecule has 1 amide bonds. The minimum Gasteiger partial charge on any atom is -0.379 e. The van der Waals surface area contributed by atoms with Gasteiger partial charge in [-0.1, -0.05) is 53.8 Å². The average molecular weight is 496 g/mol. The first-order valence-corrected chi connectivity index (χ1v) is 12.3. The molecule has 0 N–H and O–H groups in total. The average Bonchev–Trinajstić information content (AvgIpc) is 3.22. The molecule has 1 aromatic heterocycles. The van der Waals surface area contributed by atoms with Crippen molar-refractivity contribution in [3.63, 3.8) is 0 Å². The first kappa shape index (κ1) is 24.6. The summed E-state index contributed by atoms with van der Waals surface area (Å²) in [6.45, 7) is 8.99. The molecule has 5 rings (SSSR count). The smallest absolute Gasteiger partial charge is 0.233 e. The van der Waals surface area contributed by atoms with Crippen molar-refractivity contribution >= 4 is 55.8 Å². The number of morpholine rings is 1. The van der Waals surface area contributed by atoms with Gasteiger partial charge in [-0.3, -0.25) is 14.6 Å². The van der Waals surface area contributed by atoms with Crippen LogP contribution in [0.2, 0.25) is 0 Å². The van der Waals surface area contributed by atoms with Gasteiger partial charge in [-0.2, -0.15) is 0 Å². The highest BCUT2D eigenvalue weighted by molar-refractivity contribution is 7.22. The van der Waals surface area contributed by atoms with E-state index in [1.165, 1.54) is 11.1 Å². The summed E-state index contributed by atoms with van der Waals surface area (Å²) in [6.07, 6.45) is 0.360. The Kier molecular flexibility index (Phi) is 7.84. The van der Waals surface area contributed by atoms with E-state index in [2.05, 4.69) is 55.1 Å². The van der Waals surface area contributed by atoms with Crippen LogP contribution in [-0.4, -0.2) is 55.2 Å². The maximum absolute atomic E-state index is 13.7. The molecule has 0 saturated carbocycles. The van der Waals surface area contributed by atoms with Crippen LogP contribution < -0.4 is 4.90 Å². The molecule has 4 aromatic rings. The second kappa shape index (κ2) is 10.8. The maximum atomic E-state index is 13.7. The maximum Gasteiger partial charge on any atom is 0.233 e. The number of hydrogen-bond donors (Lipinski definition) is 0. The Bertz CT molecular complexity index is 1260. The lowest BCUT2D eigenvalue weighted by Crippen LogP contribution is -2.43.